The van der Waals surface area contributed by atoms with Crippen LogP contribution in [-0.2, 0) is 22.1 Å². The number of benzene rings is 2. The van der Waals surface area contributed by atoms with Gasteiger partial charge < -0.3 is 10.1 Å². The fourth-order valence-electron chi connectivity index (χ4n) is 2.27. The van der Waals surface area contributed by atoms with Gasteiger partial charge in [-0.1, -0.05) is 18.2 Å². The van der Waals surface area contributed by atoms with Gasteiger partial charge in [0.05, 0.1) is 12.7 Å². The van der Waals surface area contributed by atoms with Gasteiger partial charge in [-0.3, -0.25) is 4.79 Å². The van der Waals surface area contributed by atoms with Gasteiger partial charge in [0.2, 0.25) is 0 Å². The summed E-state index contributed by atoms with van der Waals surface area (Å²) in [5.41, 5.74) is 0.0169. The standard InChI is InChI=1S/C18H15F3INO3/c1-26-17(25)15(10-12-4-2-3-5-14(12)22)23-16(24)11-6-8-13(9-7-11)18(19,20)21/h2-9,15H,10H2,1H3,(H,23,24)/t15-/m1/s1. The maximum atomic E-state index is 12.6. The summed E-state index contributed by atoms with van der Waals surface area (Å²) in [6, 6.07) is 10.2. The summed E-state index contributed by atoms with van der Waals surface area (Å²) in [4.78, 5) is 24.3. The van der Waals surface area contributed by atoms with Crippen LogP contribution in [0.4, 0.5) is 13.2 Å². The number of esters is 1. The van der Waals surface area contributed by atoms with Crippen molar-refractivity contribution in [2.45, 2.75) is 18.6 Å². The number of ether oxygens (including phenoxy) is 1. The van der Waals surface area contributed by atoms with Gasteiger partial charge in [0.1, 0.15) is 6.04 Å². The summed E-state index contributed by atoms with van der Waals surface area (Å²) in [6.45, 7) is 0. The van der Waals surface area contributed by atoms with Crippen molar-refractivity contribution in [2.24, 2.45) is 0 Å². The maximum absolute atomic E-state index is 12.6. The van der Waals surface area contributed by atoms with E-state index in [0.717, 1.165) is 33.4 Å². The molecular weight excluding hydrogens is 462 g/mol. The van der Waals surface area contributed by atoms with Crippen molar-refractivity contribution in [1.29, 1.82) is 0 Å². The van der Waals surface area contributed by atoms with E-state index in [9.17, 15) is 22.8 Å². The van der Waals surface area contributed by atoms with E-state index in [-0.39, 0.29) is 12.0 Å². The number of methoxy groups -OCH3 is 1. The first-order valence-corrected chi connectivity index (χ1v) is 8.59. The summed E-state index contributed by atoms with van der Waals surface area (Å²) < 4.78 is 43.4. The number of alkyl halides is 3. The van der Waals surface area contributed by atoms with E-state index in [1.165, 1.54) is 7.11 Å². The lowest BCUT2D eigenvalue weighted by atomic mass is 10.0. The lowest BCUT2D eigenvalue weighted by molar-refractivity contribution is -0.142. The zero-order valence-corrected chi connectivity index (χ0v) is 15.8. The average Bonchev–Trinajstić information content (AvgIpc) is 2.61. The van der Waals surface area contributed by atoms with Crippen molar-refractivity contribution >= 4 is 34.5 Å². The topological polar surface area (TPSA) is 55.4 Å². The Morgan fingerprint density at radius 2 is 1.73 bits per heavy atom. The summed E-state index contributed by atoms with van der Waals surface area (Å²) in [5, 5.41) is 2.52. The van der Waals surface area contributed by atoms with Gasteiger partial charge in [0.25, 0.3) is 5.91 Å². The molecule has 2 aromatic carbocycles. The zero-order chi connectivity index (χ0) is 19.3. The Labute approximate surface area is 161 Å². The van der Waals surface area contributed by atoms with Crippen LogP contribution < -0.4 is 5.32 Å². The van der Waals surface area contributed by atoms with Crippen LogP contribution in [0.15, 0.2) is 48.5 Å². The molecule has 8 heteroatoms. The Morgan fingerprint density at radius 3 is 2.27 bits per heavy atom. The molecule has 4 nitrogen and oxygen atoms in total. The fraction of sp³-hybridized carbons (Fsp3) is 0.222. The molecule has 0 saturated heterocycles. The van der Waals surface area contributed by atoms with Crippen LogP contribution in [0.2, 0.25) is 0 Å². The second kappa shape index (κ2) is 8.52. The molecule has 0 unspecified atom stereocenters. The van der Waals surface area contributed by atoms with E-state index in [4.69, 9.17) is 4.74 Å². The Bertz CT molecular complexity index is 791. The molecule has 0 fully saturated rings. The molecular formula is C18H15F3INO3. The summed E-state index contributed by atoms with van der Waals surface area (Å²) in [7, 11) is 1.20. The molecule has 0 radical (unpaired) electrons. The smallest absolute Gasteiger partial charge is 0.416 e. The molecule has 138 valence electrons. The van der Waals surface area contributed by atoms with E-state index in [1.807, 2.05) is 24.3 Å². The zero-order valence-electron chi connectivity index (χ0n) is 13.6. The Balaban J connectivity index is 2.16. The van der Waals surface area contributed by atoms with E-state index >= 15 is 0 Å². The quantitative estimate of drug-likeness (QED) is 0.527. The molecule has 0 aliphatic rings. The molecule has 0 heterocycles. The molecule has 0 aromatic heterocycles. The number of carbonyl (C=O) groups is 2. The monoisotopic (exact) mass is 477 g/mol. The van der Waals surface area contributed by atoms with Crippen LogP contribution in [0.3, 0.4) is 0 Å². The lowest BCUT2D eigenvalue weighted by Gasteiger charge is -2.17. The summed E-state index contributed by atoms with van der Waals surface area (Å²) in [5.74, 6) is -1.29. The van der Waals surface area contributed by atoms with Crippen molar-refractivity contribution in [3.05, 3.63) is 68.8 Å². The van der Waals surface area contributed by atoms with Crippen molar-refractivity contribution < 1.29 is 27.5 Å². The Morgan fingerprint density at radius 1 is 1.12 bits per heavy atom. The Kier molecular flexibility index (Phi) is 6.63. The van der Waals surface area contributed by atoms with Gasteiger partial charge >= 0.3 is 12.1 Å². The van der Waals surface area contributed by atoms with E-state index in [2.05, 4.69) is 27.9 Å². The first-order valence-electron chi connectivity index (χ1n) is 7.51. The fourth-order valence-corrected chi connectivity index (χ4v) is 2.88. The number of halogens is 4. The highest BCUT2D eigenvalue weighted by Gasteiger charge is 2.30. The molecule has 26 heavy (non-hydrogen) atoms. The number of rotatable bonds is 5. The lowest BCUT2D eigenvalue weighted by Crippen LogP contribution is -2.43. The second-order valence-corrected chi connectivity index (χ2v) is 6.58. The number of hydrogen-bond acceptors (Lipinski definition) is 3. The summed E-state index contributed by atoms with van der Waals surface area (Å²) >= 11 is 2.11. The number of nitrogens with one attached hydrogen (secondary N) is 1. The molecule has 2 aromatic rings. The molecule has 0 aliphatic carbocycles. The van der Waals surface area contributed by atoms with Gasteiger partial charge in [0.15, 0.2) is 0 Å². The first kappa shape index (κ1) is 20.2. The van der Waals surface area contributed by atoms with Gasteiger partial charge in [-0.05, 0) is 58.5 Å². The van der Waals surface area contributed by atoms with Crippen molar-refractivity contribution in [3.8, 4) is 0 Å². The van der Waals surface area contributed by atoms with Gasteiger partial charge in [0, 0.05) is 15.6 Å². The normalized spacial score (nSPS) is 12.3. The molecule has 0 bridgehead atoms. The number of hydrogen-bond donors (Lipinski definition) is 1. The SMILES string of the molecule is COC(=O)[C@@H](Cc1ccccc1I)NC(=O)c1ccc(C(F)(F)F)cc1. The highest BCUT2D eigenvalue weighted by Crippen LogP contribution is 2.29. The minimum atomic E-state index is -4.48. The van der Waals surface area contributed by atoms with E-state index in [1.54, 1.807) is 0 Å². The largest absolute Gasteiger partial charge is 0.467 e. The second-order valence-electron chi connectivity index (χ2n) is 5.42. The van der Waals surface area contributed by atoms with E-state index in [0.29, 0.717) is 0 Å². The van der Waals surface area contributed by atoms with Crippen LogP contribution in [-0.4, -0.2) is 25.0 Å². The highest BCUT2D eigenvalue weighted by molar-refractivity contribution is 14.1. The van der Waals surface area contributed by atoms with E-state index < -0.39 is 29.7 Å². The molecule has 1 N–H and O–H groups in total. The predicted molar refractivity (Wildman–Crippen MR) is 97.6 cm³/mol. The minimum Gasteiger partial charge on any atom is -0.467 e. The third kappa shape index (κ3) is 5.20. The van der Waals surface area contributed by atoms with Crippen molar-refractivity contribution in [1.82, 2.24) is 5.32 Å². The van der Waals surface area contributed by atoms with Crippen LogP contribution in [0.5, 0.6) is 0 Å². The van der Waals surface area contributed by atoms with Gasteiger partial charge in [-0.25, -0.2) is 4.79 Å². The first-order chi connectivity index (χ1) is 12.2. The molecule has 1 atom stereocenters. The minimum absolute atomic E-state index is 0.0228. The predicted octanol–water partition coefficient (Wildman–Crippen LogP) is 3.82. The van der Waals surface area contributed by atoms with Gasteiger partial charge in [-0.2, -0.15) is 13.2 Å². The van der Waals surface area contributed by atoms with Crippen LogP contribution in [0.25, 0.3) is 0 Å². The maximum Gasteiger partial charge on any atom is 0.416 e. The highest BCUT2D eigenvalue weighted by atomic mass is 127. The molecule has 1 amide bonds. The number of amides is 1. The Hall–Kier alpha value is -2.10. The molecule has 2 rings (SSSR count). The molecule has 0 spiro atoms. The van der Waals surface area contributed by atoms with Crippen LogP contribution in [0.1, 0.15) is 21.5 Å². The van der Waals surface area contributed by atoms with Crippen molar-refractivity contribution in [2.75, 3.05) is 7.11 Å². The summed E-state index contributed by atoms with van der Waals surface area (Å²) in [6.07, 6.45) is -4.27. The number of carbonyl (C=O) groups excluding carboxylic acids is 2. The van der Waals surface area contributed by atoms with Gasteiger partial charge in [-0.15, -0.1) is 0 Å². The van der Waals surface area contributed by atoms with Crippen LogP contribution >= 0.6 is 22.6 Å². The molecule has 0 saturated carbocycles. The third-order valence-corrected chi connectivity index (χ3v) is 4.70. The average molecular weight is 477 g/mol. The van der Waals surface area contributed by atoms with Crippen LogP contribution in [0, 0.1) is 3.57 Å². The third-order valence-electron chi connectivity index (χ3n) is 3.65. The molecule has 0 aliphatic heterocycles. The van der Waals surface area contributed by atoms with Crippen molar-refractivity contribution in [3.63, 3.8) is 0 Å².